The van der Waals surface area contributed by atoms with Crippen LogP contribution >= 0.6 is 0 Å². The Kier molecular flexibility index (Phi) is 5.23. The first-order valence-corrected chi connectivity index (χ1v) is 7.13. The monoisotopic (exact) mass is 285 g/mol. The zero-order chi connectivity index (χ0) is 15.2. The van der Waals surface area contributed by atoms with E-state index in [4.69, 9.17) is 9.47 Å². The van der Waals surface area contributed by atoms with Gasteiger partial charge in [0.2, 0.25) is 0 Å². The van der Waals surface area contributed by atoms with Crippen LogP contribution in [0.5, 0.6) is 11.5 Å². The Balaban J connectivity index is 2.32. The van der Waals surface area contributed by atoms with Crippen LogP contribution in [0.25, 0.3) is 0 Å². The quantitative estimate of drug-likeness (QED) is 0.881. The fourth-order valence-corrected chi connectivity index (χ4v) is 2.57. The summed E-state index contributed by atoms with van der Waals surface area (Å²) in [5.74, 6) is 1.84. The molecule has 0 bridgehead atoms. The molecule has 0 spiro atoms. The van der Waals surface area contributed by atoms with Crippen LogP contribution in [0.4, 0.5) is 0 Å². The van der Waals surface area contributed by atoms with E-state index in [1.165, 1.54) is 11.1 Å². The molecule has 1 N–H and O–H groups in total. The van der Waals surface area contributed by atoms with Gasteiger partial charge in [-0.15, -0.1) is 0 Å². The molecule has 0 aromatic heterocycles. The lowest BCUT2D eigenvalue weighted by Crippen LogP contribution is -2.20. The van der Waals surface area contributed by atoms with Gasteiger partial charge in [-0.2, -0.15) is 0 Å². The summed E-state index contributed by atoms with van der Waals surface area (Å²) in [6.07, 6.45) is 0.847. The molecular weight excluding hydrogens is 262 g/mol. The topological polar surface area (TPSA) is 30.5 Å². The molecule has 3 heteroatoms. The van der Waals surface area contributed by atoms with Gasteiger partial charge >= 0.3 is 0 Å². The second kappa shape index (κ2) is 7.14. The highest BCUT2D eigenvalue weighted by atomic mass is 16.5. The molecule has 21 heavy (non-hydrogen) atoms. The SMILES string of the molecule is CNC(Cc1ccccc1OC)c1ccc(C)cc1OC. The second-order valence-electron chi connectivity index (χ2n) is 5.10. The van der Waals surface area contributed by atoms with Crippen LogP contribution in [0, 0.1) is 6.92 Å². The average Bonchev–Trinajstić information content (AvgIpc) is 2.53. The van der Waals surface area contributed by atoms with E-state index >= 15 is 0 Å². The van der Waals surface area contributed by atoms with Crippen molar-refractivity contribution in [1.29, 1.82) is 0 Å². The molecular formula is C18H23NO2. The standard InChI is InChI=1S/C18H23NO2/c1-13-9-10-15(18(11-13)21-4)16(19-2)12-14-7-5-6-8-17(14)20-3/h5-11,16,19H,12H2,1-4H3. The number of hydrogen-bond acceptors (Lipinski definition) is 3. The molecule has 112 valence electrons. The molecule has 0 radical (unpaired) electrons. The molecule has 2 aromatic carbocycles. The van der Waals surface area contributed by atoms with E-state index in [2.05, 4.69) is 36.5 Å². The summed E-state index contributed by atoms with van der Waals surface area (Å²) < 4.78 is 11.0. The first kappa shape index (κ1) is 15.4. The van der Waals surface area contributed by atoms with Crippen molar-refractivity contribution in [1.82, 2.24) is 5.32 Å². The zero-order valence-electron chi connectivity index (χ0n) is 13.1. The Bertz CT molecular complexity index is 596. The van der Waals surface area contributed by atoms with Crippen molar-refractivity contribution in [3.63, 3.8) is 0 Å². The number of benzene rings is 2. The summed E-state index contributed by atoms with van der Waals surface area (Å²) in [7, 11) is 5.40. The molecule has 0 fully saturated rings. The molecule has 2 rings (SSSR count). The Morgan fingerprint density at radius 2 is 1.71 bits per heavy atom. The highest BCUT2D eigenvalue weighted by molar-refractivity contribution is 5.41. The summed E-state index contributed by atoms with van der Waals surface area (Å²) in [6, 6.07) is 14.6. The van der Waals surface area contributed by atoms with Crippen LogP contribution in [0.15, 0.2) is 42.5 Å². The maximum absolute atomic E-state index is 5.53. The van der Waals surface area contributed by atoms with Crippen molar-refractivity contribution in [3.05, 3.63) is 59.2 Å². The van der Waals surface area contributed by atoms with Crippen molar-refractivity contribution in [2.24, 2.45) is 0 Å². The molecule has 0 aliphatic heterocycles. The zero-order valence-corrected chi connectivity index (χ0v) is 13.1. The first-order valence-electron chi connectivity index (χ1n) is 7.13. The molecule has 3 nitrogen and oxygen atoms in total. The fourth-order valence-electron chi connectivity index (χ4n) is 2.57. The number of rotatable bonds is 6. The highest BCUT2D eigenvalue weighted by Gasteiger charge is 2.16. The van der Waals surface area contributed by atoms with Gasteiger partial charge in [-0.05, 0) is 43.7 Å². The van der Waals surface area contributed by atoms with Crippen molar-refractivity contribution in [3.8, 4) is 11.5 Å². The minimum absolute atomic E-state index is 0.178. The van der Waals surface area contributed by atoms with Gasteiger partial charge in [0.25, 0.3) is 0 Å². The number of para-hydroxylation sites is 1. The van der Waals surface area contributed by atoms with Gasteiger partial charge in [0.15, 0.2) is 0 Å². The van der Waals surface area contributed by atoms with Crippen LogP contribution in [0.2, 0.25) is 0 Å². The van der Waals surface area contributed by atoms with E-state index in [1.807, 2.05) is 25.2 Å². The molecule has 1 unspecified atom stereocenters. The molecule has 0 aliphatic carbocycles. The van der Waals surface area contributed by atoms with Crippen LogP contribution < -0.4 is 14.8 Å². The molecule has 1 atom stereocenters. The normalized spacial score (nSPS) is 12.0. The van der Waals surface area contributed by atoms with Crippen molar-refractivity contribution in [2.75, 3.05) is 21.3 Å². The second-order valence-corrected chi connectivity index (χ2v) is 5.10. The van der Waals surface area contributed by atoms with E-state index in [0.29, 0.717) is 0 Å². The number of ether oxygens (including phenoxy) is 2. The minimum Gasteiger partial charge on any atom is -0.496 e. The first-order chi connectivity index (χ1) is 10.2. The third-order valence-electron chi connectivity index (χ3n) is 3.73. The Hall–Kier alpha value is -2.00. The minimum atomic E-state index is 0.178. The van der Waals surface area contributed by atoms with Crippen molar-refractivity contribution in [2.45, 2.75) is 19.4 Å². The Morgan fingerprint density at radius 3 is 2.38 bits per heavy atom. The van der Waals surface area contributed by atoms with Crippen LogP contribution in [0.3, 0.4) is 0 Å². The van der Waals surface area contributed by atoms with Crippen LogP contribution in [0.1, 0.15) is 22.7 Å². The summed E-state index contributed by atoms with van der Waals surface area (Å²) >= 11 is 0. The molecule has 0 saturated carbocycles. The van der Waals surface area contributed by atoms with Gasteiger partial charge in [0.05, 0.1) is 14.2 Å². The van der Waals surface area contributed by atoms with E-state index < -0.39 is 0 Å². The third-order valence-corrected chi connectivity index (χ3v) is 3.73. The third kappa shape index (κ3) is 3.56. The van der Waals surface area contributed by atoms with Gasteiger partial charge < -0.3 is 14.8 Å². The summed E-state index contributed by atoms with van der Waals surface area (Å²) in [5.41, 5.74) is 3.54. The summed E-state index contributed by atoms with van der Waals surface area (Å²) in [6.45, 7) is 2.07. The molecule has 0 amide bonds. The molecule has 0 saturated heterocycles. The van der Waals surface area contributed by atoms with Gasteiger partial charge in [0.1, 0.15) is 11.5 Å². The average molecular weight is 285 g/mol. The molecule has 0 heterocycles. The Labute approximate surface area is 126 Å². The van der Waals surface area contributed by atoms with Gasteiger partial charge in [0, 0.05) is 11.6 Å². The predicted molar refractivity (Wildman–Crippen MR) is 86.2 cm³/mol. The smallest absolute Gasteiger partial charge is 0.123 e. The lowest BCUT2D eigenvalue weighted by atomic mass is 9.96. The molecule has 2 aromatic rings. The maximum atomic E-state index is 5.53. The summed E-state index contributed by atoms with van der Waals surface area (Å²) in [4.78, 5) is 0. The van der Waals surface area contributed by atoms with E-state index in [9.17, 15) is 0 Å². The van der Waals surface area contributed by atoms with Crippen LogP contribution in [-0.2, 0) is 6.42 Å². The number of aryl methyl sites for hydroxylation is 1. The lowest BCUT2D eigenvalue weighted by molar-refractivity contribution is 0.395. The van der Waals surface area contributed by atoms with Crippen molar-refractivity contribution < 1.29 is 9.47 Å². The number of likely N-dealkylation sites (N-methyl/N-ethyl adjacent to an activating group) is 1. The largest absolute Gasteiger partial charge is 0.496 e. The highest BCUT2D eigenvalue weighted by Crippen LogP contribution is 2.30. The number of nitrogens with one attached hydrogen (secondary N) is 1. The van der Waals surface area contributed by atoms with Gasteiger partial charge in [-0.25, -0.2) is 0 Å². The van der Waals surface area contributed by atoms with E-state index in [0.717, 1.165) is 23.5 Å². The van der Waals surface area contributed by atoms with Crippen LogP contribution in [-0.4, -0.2) is 21.3 Å². The van der Waals surface area contributed by atoms with E-state index in [-0.39, 0.29) is 6.04 Å². The predicted octanol–water partition coefficient (Wildman–Crippen LogP) is 3.52. The maximum Gasteiger partial charge on any atom is 0.123 e. The van der Waals surface area contributed by atoms with E-state index in [1.54, 1.807) is 14.2 Å². The van der Waals surface area contributed by atoms with Gasteiger partial charge in [-0.1, -0.05) is 30.3 Å². The lowest BCUT2D eigenvalue weighted by Gasteiger charge is -2.21. The molecule has 0 aliphatic rings. The Morgan fingerprint density at radius 1 is 1.00 bits per heavy atom. The van der Waals surface area contributed by atoms with Crippen molar-refractivity contribution >= 4 is 0 Å². The summed E-state index contributed by atoms with van der Waals surface area (Å²) in [5, 5.41) is 3.38. The number of methoxy groups -OCH3 is 2. The fraction of sp³-hybridized carbons (Fsp3) is 0.333. The van der Waals surface area contributed by atoms with Gasteiger partial charge in [-0.3, -0.25) is 0 Å². The number of hydrogen-bond donors (Lipinski definition) is 1.